The van der Waals surface area contributed by atoms with Crippen LogP contribution in [0, 0.1) is 5.41 Å². The van der Waals surface area contributed by atoms with Crippen molar-refractivity contribution in [3.05, 3.63) is 0 Å². The normalized spacial score (nSPS) is 23.3. The first-order valence-corrected chi connectivity index (χ1v) is 7.84. The number of carbonyl (C=O) groups excluding carboxylic acids is 2. The molecule has 2 aliphatic rings. The summed E-state index contributed by atoms with van der Waals surface area (Å²) >= 11 is 0. The minimum absolute atomic E-state index is 0.102. The number of hydrogen-bond acceptors (Lipinski definition) is 3. The molecule has 1 saturated carbocycles. The van der Waals surface area contributed by atoms with Crippen molar-refractivity contribution in [2.75, 3.05) is 32.7 Å². The van der Waals surface area contributed by atoms with Crippen molar-refractivity contribution < 1.29 is 9.59 Å². The van der Waals surface area contributed by atoms with Crippen molar-refractivity contribution >= 4 is 11.8 Å². The maximum Gasteiger partial charge on any atom is 0.230 e. The Hall–Kier alpha value is -1.10. The van der Waals surface area contributed by atoms with Gasteiger partial charge in [-0.3, -0.25) is 9.59 Å². The van der Waals surface area contributed by atoms with Gasteiger partial charge in [0.15, 0.2) is 0 Å². The van der Waals surface area contributed by atoms with Gasteiger partial charge in [-0.15, -0.1) is 0 Å². The second kappa shape index (κ2) is 6.57. The summed E-state index contributed by atoms with van der Waals surface area (Å²) in [4.78, 5) is 28.1. The van der Waals surface area contributed by atoms with Gasteiger partial charge in [-0.05, 0) is 19.3 Å². The maximum atomic E-state index is 12.9. The highest BCUT2D eigenvalue weighted by atomic mass is 16.2. The summed E-state index contributed by atoms with van der Waals surface area (Å²) in [5, 5.41) is 0. The zero-order chi connectivity index (χ0) is 14.6. The second-order valence-corrected chi connectivity index (χ2v) is 6.20. The molecule has 1 aliphatic carbocycles. The van der Waals surface area contributed by atoms with Gasteiger partial charge in [-0.25, -0.2) is 0 Å². The van der Waals surface area contributed by atoms with Crippen LogP contribution in [-0.2, 0) is 9.59 Å². The standard InChI is InChI=1S/C15H27N3O2/c1-13(19)17-8-5-9-18(11-10-17)14(20)15(12-16)6-3-2-4-7-15/h2-12,16H2,1H3. The fourth-order valence-corrected chi connectivity index (χ4v) is 3.50. The lowest BCUT2D eigenvalue weighted by atomic mass is 9.73. The Bertz CT molecular complexity index is 364. The third kappa shape index (κ3) is 3.14. The Kier molecular flexibility index (Phi) is 5.02. The van der Waals surface area contributed by atoms with Gasteiger partial charge in [-0.1, -0.05) is 19.3 Å². The molecule has 2 fully saturated rings. The molecule has 1 heterocycles. The Morgan fingerprint density at radius 1 is 0.950 bits per heavy atom. The first-order valence-electron chi connectivity index (χ1n) is 7.84. The van der Waals surface area contributed by atoms with Crippen LogP contribution in [0.5, 0.6) is 0 Å². The summed E-state index contributed by atoms with van der Waals surface area (Å²) in [5.41, 5.74) is 5.62. The second-order valence-electron chi connectivity index (χ2n) is 6.20. The van der Waals surface area contributed by atoms with E-state index in [9.17, 15) is 9.59 Å². The molecule has 1 aliphatic heterocycles. The van der Waals surface area contributed by atoms with E-state index in [1.165, 1.54) is 6.42 Å². The molecule has 5 nitrogen and oxygen atoms in total. The SMILES string of the molecule is CC(=O)N1CCCN(C(=O)C2(CN)CCCCC2)CC1. The monoisotopic (exact) mass is 281 g/mol. The van der Waals surface area contributed by atoms with Gasteiger partial charge < -0.3 is 15.5 Å². The third-order valence-corrected chi connectivity index (χ3v) is 4.88. The molecule has 0 aromatic rings. The third-order valence-electron chi connectivity index (χ3n) is 4.88. The number of carbonyl (C=O) groups is 2. The molecule has 2 amide bonds. The van der Waals surface area contributed by atoms with Crippen LogP contribution in [0.15, 0.2) is 0 Å². The van der Waals surface area contributed by atoms with Crippen molar-refractivity contribution in [2.24, 2.45) is 11.1 Å². The fraction of sp³-hybridized carbons (Fsp3) is 0.867. The van der Waals surface area contributed by atoms with Gasteiger partial charge in [0.25, 0.3) is 0 Å². The van der Waals surface area contributed by atoms with Gasteiger partial charge >= 0.3 is 0 Å². The Morgan fingerprint density at radius 3 is 2.15 bits per heavy atom. The van der Waals surface area contributed by atoms with Crippen LogP contribution in [-0.4, -0.2) is 54.3 Å². The van der Waals surface area contributed by atoms with Crippen molar-refractivity contribution in [3.63, 3.8) is 0 Å². The van der Waals surface area contributed by atoms with Crippen LogP contribution in [0.4, 0.5) is 0 Å². The number of hydrogen-bond donors (Lipinski definition) is 1. The zero-order valence-corrected chi connectivity index (χ0v) is 12.6. The van der Waals surface area contributed by atoms with Crippen LogP contribution < -0.4 is 5.73 Å². The lowest BCUT2D eigenvalue weighted by Gasteiger charge is -2.38. The molecule has 0 bridgehead atoms. The predicted octanol–water partition coefficient (Wildman–Crippen LogP) is 0.976. The fourth-order valence-electron chi connectivity index (χ4n) is 3.50. The average molecular weight is 281 g/mol. The van der Waals surface area contributed by atoms with Crippen molar-refractivity contribution in [2.45, 2.75) is 45.4 Å². The summed E-state index contributed by atoms with van der Waals surface area (Å²) in [6, 6.07) is 0. The molecular weight excluding hydrogens is 254 g/mol. The topological polar surface area (TPSA) is 66.6 Å². The van der Waals surface area contributed by atoms with Crippen molar-refractivity contribution in [3.8, 4) is 0 Å². The number of nitrogens with zero attached hydrogens (tertiary/aromatic N) is 2. The number of nitrogens with two attached hydrogens (primary N) is 1. The quantitative estimate of drug-likeness (QED) is 0.820. The minimum Gasteiger partial charge on any atom is -0.341 e. The Labute approximate surface area is 121 Å². The van der Waals surface area contributed by atoms with E-state index in [-0.39, 0.29) is 17.2 Å². The zero-order valence-electron chi connectivity index (χ0n) is 12.6. The molecule has 20 heavy (non-hydrogen) atoms. The van der Waals surface area contributed by atoms with E-state index in [1.807, 2.05) is 9.80 Å². The molecule has 0 aromatic heterocycles. The molecule has 1 saturated heterocycles. The van der Waals surface area contributed by atoms with Gasteiger partial charge in [0.05, 0.1) is 5.41 Å². The average Bonchev–Trinajstić information content (AvgIpc) is 2.73. The molecule has 2 rings (SSSR count). The van der Waals surface area contributed by atoms with E-state index in [0.29, 0.717) is 19.6 Å². The van der Waals surface area contributed by atoms with Crippen LogP contribution >= 0.6 is 0 Å². The molecule has 2 N–H and O–H groups in total. The van der Waals surface area contributed by atoms with Crippen LogP contribution in [0.25, 0.3) is 0 Å². The summed E-state index contributed by atoms with van der Waals surface area (Å²) < 4.78 is 0. The maximum absolute atomic E-state index is 12.9. The van der Waals surface area contributed by atoms with E-state index in [4.69, 9.17) is 5.73 Å². The van der Waals surface area contributed by atoms with Gasteiger partial charge in [0, 0.05) is 39.6 Å². The smallest absolute Gasteiger partial charge is 0.230 e. The van der Waals surface area contributed by atoms with Gasteiger partial charge in [-0.2, -0.15) is 0 Å². The molecule has 0 atom stereocenters. The van der Waals surface area contributed by atoms with E-state index >= 15 is 0 Å². The van der Waals surface area contributed by atoms with E-state index in [1.54, 1.807) is 6.92 Å². The van der Waals surface area contributed by atoms with Gasteiger partial charge in [0.2, 0.25) is 11.8 Å². The number of rotatable bonds is 2. The summed E-state index contributed by atoms with van der Waals surface area (Å²) in [5.74, 6) is 0.329. The molecule has 114 valence electrons. The highest BCUT2D eigenvalue weighted by Gasteiger charge is 2.41. The van der Waals surface area contributed by atoms with E-state index in [2.05, 4.69) is 0 Å². The lowest BCUT2D eigenvalue weighted by molar-refractivity contribution is -0.143. The van der Waals surface area contributed by atoms with E-state index < -0.39 is 0 Å². The van der Waals surface area contributed by atoms with Crippen LogP contribution in [0.3, 0.4) is 0 Å². The summed E-state index contributed by atoms with van der Waals surface area (Å²) in [6.07, 6.45) is 6.15. The lowest BCUT2D eigenvalue weighted by Crippen LogP contribution is -2.50. The summed E-state index contributed by atoms with van der Waals surface area (Å²) in [6.45, 7) is 4.87. The highest BCUT2D eigenvalue weighted by molar-refractivity contribution is 5.83. The Morgan fingerprint density at radius 2 is 1.55 bits per heavy atom. The largest absolute Gasteiger partial charge is 0.341 e. The van der Waals surface area contributed by atoms with Crippen LogP contribution in [0.2, 0.25) is 0 Å². The predicted molar refractivity (Wildman–Crippen MR) is 78.0 cm³/mol. The first-order chi connectivity index (χ1) is 9.59. The Balaban J connectivity index is 2.02. The first kappa shape index (κ1) is 15.3. The number of amides is 2. The van der Waals surface area contributed by atoms with Crippen LogP contribution in [0.1, 0.15) is 45.4 Å². The molecule has 0 aromatic carbocycles. The van der Waals surface area contributed by atoms with E-state index in [0.717, 1.165) is 45.2 Å². The molecule has 5 heteroatoms. The van der Waals surface area contributed by atoms with Crippen molar-refractivity contribution in [1.29, 1.82) is 0 Å². The molecule has 0 unspecified atom stereocenters. The molecule has 0 spiro atoms. The highest BCUT2D eigenvalue weighted by Crippen LogP contribution is 2.37. The van der Waals surface area contributed by atoms with Gasteiger partial charge in [0.1, 0.15) is 0 Å². The summed E-state index contributed by atoms with van der Waals surface area (Å²) in [7, 11) is 0. The molecule has 0 radical (unpaired) electrons. The minimum atomic E-state index is -0.330. The molecular formula is C15H27N3O2. The van der Waals surface area contributed by atoms with Crippen molar-refractivity contribution in [1.82, 2.24) is 9.80 Å².